The molecule has 0 bridgehead atoms. The topological polar surface area (TPSA) is 108 Å². The van der Waals surface area contributed by atoms with E-state index in [1.807, 2.05) is 0 Å². The van der Waals surface area contributed by atoms with Crippen molar-refractivity contribution in [2.75, 3.05) is 0 Å². The zero-order valence-electron chi connectivity index (χ0n) is 16.4. The van der Waals surface area contributed by atoms with Gasteiger partial charge in [0.05, 0.1) is 0 Å². The van der Waals surface area contributed by atoms with E-state index in [-0.39, 0.29) is 15.8 Å². The van der Waals surface area contributed by atoms with Crippen LogP contribution < -0.4 is 5.32 Å². The van der Waals surface area contributed by atoms with E-state index in [2.05, 4.69) is 10.5 Å². The molecule has 0 radical (unpaired) electrons. The molecule has 2 aliphatic heterocycles. The number of hydrogen-bond donors (Lipinski definition) is 2. The lowest BCUT2D eigenvalue weighted by Gasteiger charge is -2.43. The van der Waals surface area contributed by atoms with Crippen molar-refractivity contribution in [1.29, 1.82) is 0 Å². The summed E-state index contributed by atoms with van der Waals surface area (Å²) >= 11 is 12.9. The molecule has 3 atom stereocenters. The van der Waals surface area contributed by atoms with Gasteiger partial charge in [-0.2, -0.15) is 0 Å². The molecule has 0 saturated carbocycles. The molecule has 2 fully saturated rings. The van der Waals surface area contributed by atoms with Crippen LogP contribution >= 0.6 is 35.0 Å². The molecule has 28 heavy (non-hydrogen) atoms. The highest BCUT2D eigenvalue weighted by molar-refractivity contribution is 8.01. The summed E-state index contributed by atoms with van der Waals surface area (Å²) in [7, 11) is 0. The van der Waals surface area contributed by atoms with Crippen molar-refractivity contribution in [2.24, 2.45) is 5.16 Å². The standard InChI is InChI=1S/C17H23Cl2N3O5S/c1-7(11(18)19)8(21-27-16(2,3)4)12(23)20-9-13(24)22-10(15(25)26)17(5,6)28-14(9)22/h9-10,14H,1-6H3,(H,20,23)(H,25,26)/b21-8+/t9-,10+,14-/m1/s1. The van der Waals surface area contributed by atoms with Crippen LogP contribution in [0.25, 0.3) is 0 Å². The van der Waals surface area contributed by atoms with E-state index in [1.165, 1.54) is 23.6 Å². The molecule has 0 aromatic carbocycles. The van der Waals surface area contributed by atoms with Gasteiger partial charge in [0.25, 0.3) is 5.91 Å². The average Bonchev–Trinajstić information content (AvgIpc) is 2.79. The molecule has 11 heteroatoms. The number of hydrogen-bond acceptors (Lipinski definition) is 6. The Labute approximate surface area is 177 Å². The fraction of sp³-hybridized carbons (Fsp3) is 0.647. The van der Waals surface area contributed by atoms with Crippen LogP contribution in [0.2, 0.25) is 0 Å². The lowest BCUT2D eigenvalue weighted by molar-refractivity contribution is -0.160. The van der Waals surface area contributed by atoms with E-state index in [1.54, 1.807) is 34.6 Å². The minimum Gasteiger partial charge on any atom is -0.480 e. The second-order valence-electron chi connectivity index (χ2n) is 8.08. The predicted octanol–water partition coefficient (Wildman–Crippen LogP) is 2.50. The number of nitrogens with zero attached hydrogens (tertiary/aromatic N) is 2. The molecule has 2 aliphatic rings. The van der Waals surface area contributed by atoms with Gasteiger partial charge in [-0.25, -0.2) is 4.79 Å². The molecule has 8 nitrogen and oxygen atoms in total. The molecule has 0 spiro atoms. The minimum absolute atomic E-state index is 0.154. The van der Waals surface area contributed by atoms with Gasteiger partial charge in [-0.05, 0) is 41.5 Å². The molecule has 2 N–H and O–H groups in total. The van der Waals surface area contributed by atoms with Gasteiger partial charge < -0.3 is 20.2 Å². The Morgan fingerprint density at radius 1 is 1.32 bits per heavy atom. The van der Waals surface area contributed by atoms with Gasteiger partial charge in [-0.15, -0.1) is 11.8 Å². The maximum absolute atomic E-state index is 12.8. The summed E-state index contributed by atoms with van der Waals surface area (Å²) < 4.78 is -0.844. The third kappa shape index (κ3) is 4.41. The van der Waals surface area contributed by atoms with E-state index >= 15 is 0 Å². The highest BCUT2D eigenvalue weighted by Crippen LogP contribution is 2.50. The number of thioether (sulfide) groups is 1. The smallest absolute Gasteiger partial charge is 0.327 e. The minimum atomic E-state index is -1.08. The third-order valence-corrected chi connectivity index (χ3v) is 6.36. The maximum Gasteiger partial charge on any atom is 0.327 e. The molecule has 0 aliphatic carbocycles. The molecular formula is C17H23Cl2N3O5S. The Balaban J connectivity index is 2.22. The van der Waals surface area contributed by atoms with Crippen LogP contribution in [0.4, 0.5) is 0 Å². The summed E-state index contributed by atoms with van der Waals surface area (Å²) in [4.78, 5) is 43.4. The highest BCUT2D eigenvalue weighted by atomic mass is 35.5. The van der Waals surface area contributed by atoms with Crippen molar-refractivity contribution in [3.8, 4) is 0 Å². The van der Waals surface area contributed by atoms with Crippen LogP contribution in [0.5, 0.6) is 0 Å². The number of carbonyl (C=O) groups excluding carboxylic acids is 2. The number of nitrogens with one attached hydrogen (secondary N) is 1. The van der Waals surface area contributed by atoms with Gasteiger partial charge in [-0.3, -0.25) is 9.59 Å². The first kappa shape index (κ1) is 22.8. The molecule has 0 aromatic rings. The van der Waals surface area contributed by atoms with Gasteiger partial charge in [0, 0.05) is 10.3 Å². The fourth-order valence-corrected chi connectivity index (χ4v) is 4.71. The number of aliphatic carboxylic acids is 1. The average molecular weight is 452 g/mol. The van der Waals surface area contributed by atoms with Crippen LogP contribution in [-0.4, -0.2) is 61.3 Å². The fourth-order valence-electron chi connectivity index (χ4n) is 2.91. The summed E-state index contributed by atoms with van der Waals surface area (Å²) in [6.07, 6.45) is 0. The first-order valence-electron chi connectivity index (χ1n) is 8.49. The van der Waals surface area contributed by atoms with E-state index in [4.69, 9.17) is 28.0 Å². The van der Waals surface area contributed by atoms with Crippen molar-refractivity contribution in [2.45, 2.75) is 69.3 Å². The van der Waals surface area contributed by atoms with Gasteiger partial charge in [0.1, 0.15) is 27.6 Å². The van der Waals surface area contributed by atoms with Crippen LogP contribution in [0, 0.1) is 0 Å². The Morgan fingerprint density at radius 2 is 1.89 bits per heavy atom. The SMILES string of the molecule is CC(=C(Cl)Cl)/C(=N\OC(C)(C)C)C(=O)N[C@@H]1C(=O)N2[C@@H]1SC(C)(C)[C@@H]2C(=O)O. The zero-order chi connectivity index (χ0) is 21.6. The van der Waals surface area contributed by atoms with Crippen LogP contribution in [0.15, 0.2) is 15.2 Å². The van der Waals surface area contributed by atoms with E-state index in [0.29, 0.717) is 0 Å². The van der Waals surface area contributed by atoms with E-state index < -0.39 is 45.6 Å². The largest absolute Gasteiger partial charge is 0.480 e. The number of amides is 2. The number of carboxylic acids is 1. The first-order valence-corrected chi connectivity index (χ1v) is 10.1. The van der Waals surface area contributed by atoms with Crippen LogP contribution in [0.1, 0.15) is 41.5 Å². The van der Waals surface area contributed by atoms with Crippen molar-refractivity contribution >= 4 is 58.5 Å². The molecule has 0 aromatic heterocycles. The number of oxime groups is 1. The number of carbonyl (C=O) groups is 3. The summed E-state index contributed by atoms with van der Waals surface area (Å²) in [6, 6.07) is -1.83. The molecule has 0 unspecified atom stereocenters. The highest BCUT2D eigenvalue weighted by Gasteiger charge is 2.64. The molecule has 156 valence electrons. The van der Waals surface area contributed by atoms with Gasteiger partial charge in [-0.1, -0.05) is 28.4 Å². The zero-order valence-corrected chi connectivity index (χ0v) is 18.7. The van der Waals surface area contributed by atoms with Crippen LogP contribution in [-0.2, 0) is 19.2 Å². The summed E-state index contributed by atoms with van der Waals surface area (Å²) in [5, 5.41) is 15.4. The van der Waals surface area contributed by atoms with E-state index in [9.17, 15) is 19.5 Å². The predicted molar refractivity (Wildman–Crippen MR) is 108 cm³/mol. The molecule has 2 rings (SSSR count). The molecule has 2 saturated heterocycles. The quantitative estimate of drug-likeness (QED) is 0.377. The van der Waals surface area contributed by atoms with Crippen LogP contribution in [0.3, 0.4) is 0 Å². The Kier molecular flexibility index (Phi) is 6.33. The van der Waals surface area contributed by atoms with Gasteiger partial charge >= 0.3 is 5.97 Å². The number of fused-ring (bicyclic) bond motifs is 1. The van der Waals surface area contributed by atoms with Crippen molar-refractivity contribution < 1.29 is 24.3 Å². The lowest BCUT2D eigenvalue weighted by atomic mass is 9.96. The van der Waals surface area contributed by atoms with Crippen molar-refractivity contribution in [1.82, 2.24) is 10.2 Å². The Hall–Kier alpha value is -1.45. The summed E-state index contributed by atoms with van der Waals surface area (Å²) in [6.45, 7) is 10.3. The number of halogens is 2. The first-order chi connectivity index (χ1) is 12.7. The number of rotatable bonds is 5. The number of β-lactam (4-membered cyclic amide) rings is 1. The Morgan fingerprint density at radius 3 is 2.36 bits per heavy atom. The van der Waals surface area contributed by atoms with E-state index in [0.717, 1.165) is 0 Å². The summed E-state index contributed by atoms with van der Waals surface area (Å²) in [5.74, 6) is -2.22. The second-order valence-corrected chi connectivity index (χ2v) is 10.8. The second kappa shape index (κ2) is 7.76. The molecule has 2 heterocycles. The van der Waals surface area contributed by atoms with Crippen molar-refractivity contribution in [3.63, 3.8) is 0 Å². The van der Waals surface area contributed by atoms with Gasteiger partial charge in [0.15, 0.2) is 5.71 Å². The molecular weight excluding hydrogens is 429 g/mol. The molecule has 2 amide bonds. The van der Waals surface area contributed by atoms with Crippen molar-refractivity contribution in [3.05, 3.63) is 10.1 Å². The third-order valence-electron chi connectivity index (χ3n) is 4.23. The maximum atomic E-state index is 12.8. The summed E-state index contributed by atoms with van der Waals surface area (Å²) in [5.41, 5.74) is -0.622. The Bertz CT molecular complexity index is 771. The number of carboxylic acid groups (broad SMARTS) is 1. The monoisotopic (exact) mass is 451 g/mol. The lowest BCUT2D eigenvalue weighted by Crippen LogP contribution is -2.71. The van der Waals surface area contributed by atoms with Gasteiger partial charge in [0.2, 0.25) is 5.91 Å². The normalized spacial score (nSPS) is 26.3.